The number of aromatic nitrogens is 2. The molecule has 4 N–H and O–H groups in total. The van der Waals surface area contributed by atoms with E-state index in [0.29, 0.717) is 17.0 Å². The Morgan fingerprint density at radius 3 is 2.42 bits per heavy atom. The van der Waals surface area contributed by atoms with E-state index in [1.165, 1.54) is 0 Å². The fourth-order valence-electron chi connectivity index (χ4n) is 3.30. The lowest BCUT2D eigenvalue weighted by molar-refractivity contribution is -0.147. The monoisotopic (exact) mass is 461 g/mol. The summed E-state index contributed by atoms with van der Waals surface area (Å²) in [6.07, 6.45) is -0.607. The van der Waals surface area contributed by atoms with Crippen LogP contribution in [0.15, 0.2) is 18.2 Å². The van der Waals surface area contributed by atoms with E-state index in [-0.39, 0.29) is 18.9 Å². The summed E-state index contributed by atoms with van der Waals surface area (Å²) in [4.78, 5) is 42.5. The average Bonchev–Trinajstić information content (AvgIpc) is 2.98. The van der Waals surface area contributed by atoms with Crippen LogP contribution in [-0.2, 0) is 32.5 Å². The number of alkyl carbamates (subject to hydrolysis) is 1. The fraction of sp³-hybridized carbons (Fsp3) is 0.565. The van der Waals surface area contributed by atoms with E-state index in [0.717, 1.165) is 5.52 Å². The van der Waals surface area contributed by atoms with Gasteiger partial charge in [0.05, 0.1) is 17.6 Å². The van der Waals surface area contributed by atoms with Crippen LogP contribution < -0.4 is 16.4 Å². The third kappa shape index (κ3) is 7.10. The van der Waals surface area contributed by atoms with Crippen molar-refractivity contribution >= 4 is 34.7 Å². The summed E-state index contributed by atoms with van der Waals surface area (Å²) >= 11 is 0. The number of anilines is 1. The number of aryl methyl sites for hydroxylation is 1. The lowest BCUT2D eigenvalue weighted by atomic mass is 10.0. The Morgan fingerprint density at radius 1 is 1.18 bits per heavy atom. The van der Waals surface area contributed by atoms with Crippen molar-refractivity contribution in [2.45, 2.75) is 65.6 Å². The molecule has 0 aliphatic rings. The van der Waals surface area contributed by atoms with Gasteiger partial charge >= 0.3 is 12.1 Å². The van der Waals surface area contributed by atoms with E-state index in [9.17, 15) is 14.4 Å². The molecule has 1 aromatic carbocycles. The van der Waals surface area contributed by atoms with Crippen LogP contribution >= 0.6 is 0 Å². The molecule has 0 saturated heterocycles. The number of hydrogen-bond donors (Lipinski definition) is 3. The number of nitrogens with two attached hydrogens (primary N) is 1. The van der Waals surface area contributed by atoms with Crippen molar-refractivity contribution in [2.24, 2.45) is 13.0 Å². The minimum atomic E-state index is -0.994. The van der Waals surface area contributed by atoms with Crippen molar-refractivity contribution in [2.75, 3.05) is 12.3 Å². The number of nitrogens with one attached hydrogen (secondary N) is 2. The van der Waals surface area contributed by atoms with Gasteiger partial charge in [0.2, 0.25) is 5.91 Å². The fourth-order valence-corrected chi connectivity index (χ4v) is 3.30. The van der Waals surface area contributed by atoms with Crippen molar-refractivity contribution in [1.82, 2.24) is 20.2 Å². The maximum atomic E-state index is 13.1. The molecule has 0 radical (unpaired) electrons. The first-order valence-corrected chi connectivity index (χ1v) is 11.0. The Labute approximate surface area is 194 Å². The Balaban J connectivity index is 2.24. The highest BCUT2D eigenvalue weighted by molar-refractivity contribution is 5.90. The highest BCUT2D eigenvalue weighted by Gasteiger charge is 2.31. The SMILES string of the molecule is CCOC(=O)[C@H](Cc1nc2cc(N)ccc2n1C)NC(=O)[C@@H](NC(=O)OC(C)(C)C)C(C)C. The second kappa shape index (κ2) is 10.5. The van der Waals surface area contributed by atoms with Crippen LogP contribution in [-0.4, -0.2) is 51.8 Å². The van der Waals surface area contributed by atoms with Gasteiger partial charge in [-0.1, -0.05) is 13.8 Å². The van der Waals surface area contributed by atoms with Gasteiger partial charge < -0.3 is 30.4 Å². The van der Waals surface area contributed by atoms with Crippen molar-refractivity contribution in [3.8, 4) is 0 Å². The third-order valence-corrected chi connectivity index (χ3v) is 4.89. The highest BCUT2D eigenvalue weighted by atomic mass is 16.6. The number of fused-ring (bicyclic) bond motifs is 1. The number of carbonyl (C=O) groups excluding carboxylic acids is 3. The van der Waals surface area contributed by atoms with Crippen LogP contribution in [0.3, 0.4) is 0 Å². The maximum Gasteiger partial charge on any atom is 0.408 e. The van der Waals surface area contributed by atoms with E-state index < -0.39 is 35.7 Å². The van der Waals surface area contributed by atoms with Crippen molar-refractivity contribution in [3.63, 3.8) is 0 Å². The molecule has 2 rings (SSSR count). The topological polar surface area (TPSA) is 138 Å². The first kappa shape index (κ1) is 26.0. The molecule has 33 heavy (non-hydrogen) atoms. The van der Waals surface area contributed by atoms with Crippen LogP contribution in [0.1, 0.15) is 47.4 Å². The summed E-state index contributed by atoms with van der Waals surface area (Å²) < 4.78 is 12.3. The minimum absolute atomic E-state index is 0.104. The van der Waals surface area contributed by atoms with Crippen LogP contribution in [0.5, 0.6) is 0 Å². The number of ether oxygens (including phenoxy) is 2. The summed E-state index contributed by atoms with van der Waals surface area (Å²) in [5, 5.41) is 5.31. The second-order valence-corrected chi connectivity index (χ2v) is 9.22. The molecule has 2 atom stereocenters. The molecule has 0 aliphatic heterocycles. The van der Waals surface area contributed by atoms with E-state index in [1.54, 1.807) is 53.7 Å². The molecule has 0 spiro atoms. The van der Waals surface area contributed by atoms with Gasteiger partial charge in [-0.05, 0) is 51.8 Å². The van der Waals surface area contributed by atoms with Gasteiger partial charge in [-0.2, -0.15) is 0 Å². The number of carbonyl (C=O) groups is 3. The lowest BCUT2D eigenvalue weighted by Gasteiger charge is -2.26. The van der Waals surface area contributed by atoms with E-state index in [1.807, 2.05) is 17.7 Å². The van der Waals surface area contributed by atoms with Crippen LogP contribution in [0.2, 0.25) is 0 Å². The van der Waals surface area contributed by atoms with Crippen LogP contribution in [0, 0.1) is 5.92 Å². The number of nitrogen functional groups attached to an aromatic ring is 1. The van der Waals surface area contributed by atoms with E-state index in [2.05, 4.69) is 15.6 Å². The summed E-state index contributed by atoms with van der Waals surface area (Å²) in [6.45, 7) is 10.6. The summed E-state index contributed by atoms with van der Waals surface area (Å²) in [5.74, 6) is -0.775. The molecule has 182 valence electrons. The maximum absolute atomic E-state index is 13.1. The average molecular weight is 462 g/mol. The number of esters is 1. The number of nitrogens with zero attached hydrogens (tertiary/aromatic N) is 2. The molecule has 0 fully saturated rings. The van der Waals surface area contributed by atoms with Crippen LogP contribution in [0.25, 0.3) is 11.0 Å². The Morgan fingerprint density at radius 2 is 1.85 bits per heavy atom. The Kier molecular flexibility index (Phi) is 8.29. The van der Waals surface area contributed by atoms with Crippen LogP contribution in [0.4, 0.5) is 10.5 Å². The van der Waals surface area contributed by atoms with Gasteiger partial charge in [-0.3, -0.25) is 4.79 Å². The van der Waals surface area contributed by atoms with E-state index in [4.69, 9.17) is 15.2 Å². The molecular weight excluding hydrogens is 426 g/mol. The standard InChI is InChI=1S/C23H35N5O5/c1-8-32-21(30)16(12-18-25-15-11-14(24)9-10-17(15)28(18)7)26-20(29)19(13(2)3)27-22(31)33-23(4,5)6/h9-11,13,16,19H,8,12,24H2,1-7H3,(H,26,29)(H,27,31)/t16-,19-/m0/s1. The zero-order valence-corrected chi connectivity index (χ0v) is 20.4. The molecule has 0 saturated carbocycles. The molecule has 0 unspecified atom stereocenters. The molecule has 10 nitrogen and oxygen atoms in total. The first-order valence-electron chi connectivity index (χ1n) is 11.0. The Bertz CT molecular complexity index is 1010. The van der Waals surface area contributed by atoms with Gasteiger partial charge in [-0.15, -0.1) is 0 Å². The molecule has 1 aromatic heterocycles. The number of imidazole rings is 1. The third-order valence-electron chi connectivity index (χ3n) is 4.89. The molecule has 1 heterocycles. The molecule has 10 heteroatoms. The normalized spacial score (nSPS) is 13.5. The zero-order chi connectivity index (χ0) is 24.9. The van der Waals surface area contributed by atoms with E-state index >= 15 is 0 Å². The van der Waals surface area contributed by atoms with Crippen molar-refractivity contribution < 1.29 is 23.9 Å². The molecule has 2 aromatic rings. The van der Waals surface area contributed by atoms with Gasteiger partial charge in [0.25, 0.3) is 0 Å². The molecular formula is C23H35N5O5. The Hall–Kier alpha value is -3.30. The summed E-state index contributed by atoms with van der Waals surface area (Å²) in [5.41, 5.74) is 7.26. The van der Waals surface area contributed by atoms with Gasteiger partial charge in [0.1, 0.15) is 23.5 Å². The predicted molar refractivity (Wildman–Crippen MR) is 125 cm³/mol. The smallest absolute Gasteiger partial charge is 0.408 e. The molecule has 2 amide bonds. The van der Waals surface area contributed by atoms with Crippen molar-refractivity contribution in [1.29, 1.82) is 0 Å². The molecule has 0 bridgehead atoms. The van der Waals surface area contributed by atoms with Gasteiger partial charge in [0.15, 0.2) is 0 Å². The number of hydrogen-bond acceptors (Lipinski definition) is 7. The summed E-state index contributed by atoms with van der Waals surface area (Å²) in [6, 6.07) is 3.46. The van der Waals surface area contributed by atoms with Gasteiger partial charge in [0, 0.05) is 19.2 Å². The zero-order valence-electron chi connectivity index (χ0n) is 20.4. The predicted octanol–water partition coefficient (Wildman–Crippen LogP) is 2.30. The molecule has 0 aliphatic carbocycles. The lowest BCUT2D eigenvalue weighted by Crippen LogP contribution is -2.55. The highest BCUT2D eigenvalue weighted by Crippen LogP contribution is 2.19. The number of rotatable bonds is 8. The van der Waals surface area contributed by atoms with Gasteiger partial charge in [-0.25, -0.2) is 14.6 Å². The number of benzene rings is 1. The largest absolute Gasteiger partial charge is 0.464 e. The second-order valence-electron chi connectivity index (χ2n) is 9.22. The quantitative estimate of drug-likeness (QED) is 0.405. The number of amides is 2. The summed E-state index contributed by atoms with van der Waals surface area (Å²) in [7, 11) is 1.83. The minimum Gasteiger partial charge on any atom is -0.464 e. The first-order chi connectivity index (χ1) is 15.3. The van der Waals surface area contributed by atoms with Crippen molar-refractivity contribution in [3.05, 3.63) is 24.0 Å².